The molecule has 0 fully saturated rings. The second kappa shape index (κ2) is 12.4. The van der Waals surface area contributed by atoms with Gasteiger partial charge in [0.05, 0.1) is 17.5 Å². The summed E-state index contributed by atoms with van der Waals surface area (Å²) < 4.78 is 5.40. The van der Waals surface area contributed by atoms with Gasteiger partial charge in [0, 0.05) is 5.38 Å². The number of carbonyl (C=O) groups excluding carboxylic acids is 2. The van der Waals surface area contributed by atoms with E-state index in [2.05, 4.69) is 20.8 Å². The van der Waals surface area contributed by atoms with E-state index in [1.807, 2.05) is 0 Å². The van der Waals surface area contributed by atoms with Crippen molar-refractivity contribution in [2.45, 2.75) is 37.7 Å². The summed E-state index contributed by atoms with van der Waals surface area (Å²) in [4.78, 5) is 45.7. The number of thiazole rings is 1. The van der Waals surface area contributed by atoms with Gasteiger partial charge in [0.2, 0.25) is 5.91 Å². The van der Waals surface area contributed by atoms with Crippen molar-refractivity contribution in [3.8, 4) is 5.75 Å². The Morgan fingerprint density at radius 1 is 1.39 bits per heavy atom. The minimum absolute atomic E-state index is 0.0508. The number of carbonyl (C=O) groups is 3. The Balaban J connectivity index is 1.68. The van der Waals surface area contributed by atoms with Gasteiger partial charge < -0.3 is 41.7 Å². The van der Waals surface area contributed by atoms with E-state index in [9.17, 15) is 24.5 Å². The molecule has 0 aliphatic carbocycles. The molecule has 1 aliphatic rings. The van der Waals surface area contributed by atoms with Crippen LogP contribution in [0.25, 0.3) is 0 Å². The molecule has 36 heavy (non-hydrogen) atoms. The van der Waals surface area contributed by atoms with Crippen molar-refractivity contribution < 1.29 is 34.0 Å². The number of benzene rings is 1. The van der Waals surface area contributed by atoms with Crippen molar-refractivity contribution >= 4 is 47.1 Å². The van der Waals surface area contributed by atoms with Gasteiger partial charge >= 0.3 is 13.1 Å². The molecule has 1 aliphatic heterocycles. The maximum Gasteiger partial charge on any atom is 0.547 e. The molecule has 2 heterocycles. The van der Waals surface area contributed by atoms with Gasteiger partial charge in [-0.05, 0) is 37.4 Å². The maximum absolute atomic E-state index is 13.0. The molecule has 0 saturated carbocycles. The number of carboxylic acid groups (broad SMARTS) is 1. The number of anilines is 1. The molecule has 2 atom stereocenters. The van der Waals surface area contributed by atoms with Gasteiger partial charge in [0.25, 0.3) is 5.91 Å². The maximum atomic E-state index is 13.0. The van der Waals surface area contributed by atoms with Gasteiger partial charge in [-0.2, -0.15) is 0 Å². The van der Waals surface area contributed by atoms with Gasteiger partial charge in [-0.3, -0.25) is 9.59 Å². The van der Waals surface area contributed by atoms with Crippen LogP contribution >= 0.6 is 11.3 Å². The van der Waals surface area contributed by atoms with E-state index >= 15 is 0 Å². The molecule has 1 aromatic heterocycles. The summed E-state index contributed by atoms with van der Waals surface area (Å²) in [6.45, 7) is 0.522. The van der Waals surface area contributed by atoms with Crippen molar-refractivity contribution in [1.82, 2.24) is 10.3 Å². The second-order valence-corrected chi connectivity index (χ2v) is 8.79. The molecule has 0 saturated heterocycles. The highest BCUT2D eigenvalue weighted by molar-refractivity contribution is 7.14. The number of unbranched alkanes of at least 4 members (excludes halogenated alkanes) is 1. The van der Waals surface area contributed by atoms with Crippen molar-refractivity contribution in [3.05, 3.63) is 40.4 Å². The van der Waals surface area contributed by atoms with E-state index in [0.717, 1.165) is 24.2 Å². The largest absolute Gasteiger partial charge is 0.547 e. The van der Waals surface area contributed by atoms with Crippen LogP contribution in [0.15, 0.2) is 28.7 Å². The van der Waals surface area contributed by atoms with Crippen LogP contribution in [0.4, 0.5) is 5.13 Å². The van der Waals surface area contributed by atoms with Crippen LogP contribution in [0.1, 0.15) is 40.9 Å². The van der Waals surface area contributed by atoms with E-state index in [-0.39, 0.29) is 34.3 Å². The average molecular weight is 518 g/mol. The zero-order valence-electron chi connectivity index (χ0n) is 19.5. The fourth-order valence-corrected chi connectivity index (χ4v) is 4.22. The minimum Gasteiger partial charge on any atom is -0.534 e. The third-order valence-electron chi connectivity index (χ3n) is 5.35. The Hall–Kier alpha value is -3.53. The van der Waals surface area contributed by atoms with Crippen LogP contribution in [-0.2, 0) is 20.8 Å². The van der Waals surface area contributed by atoms with Gasteiger partial charge in [-0.15, -0.1) is 11.3 Å². The van der Waals surface area contributed by atoms with Gasteiger partial charge in [-0.1, -0.05) is 23.7 Å². The first kappa shape index (κ1) is 27.1. The van der Waals surface area contributed by atoms with E-state index in [0.29, 0.717) is 18.5 Å². The molecule has 2 aromatic rings. The van der Waals surface area contributed by atoms with Crippen molar-refractivity contribution in [3.63, 3.8) is 0 Å². The third kappa shape index (κ3) is 6.57. The summed E-state index contributed by atoms with van der Waals surface area (Å²) >= 11 is 1.07. The molecule has 192 valence electrons. The number of carboxylic acids is 1. The highest BCUT2D eigenvalue weighted by Crippen LogP contribution is 2.30. The normalized spacial score (nSPS) is 15.9. The SMILES string of the molecule is CO/N=C(\C(=O)N[C@H]1Cc2cccc(C(=O)O)c2OB1O)c1csc(NC(=O)C(N)CCCCN)n1. The smallest absolute Gasteiger partial charge is 0.534 e. The van der Waals surface area contributed by atoms with E-state index in [1.165, 1.54) is 18.6 Å². The predicted molar refractivity (Wildman–Crippen MR) is 133 cm³/mol. The van der Waals surface area contributed by atoms with Crippen LogP contribution in [-0.4, -0.2) is 71.4 Å². The minimum atomic E-state index is -1.50. The van der Waals surface area contributed by atoms with Gasteiger partial charge in [0.1, 0.15) is 18.6 Å². The third-order valence-corrected chi connectivity index (χ3v) is 6.10. The zero-order valence-corrected chi connectivity index (χ0v) is 20.3. The Morgan fingerprint density at radius 3 is 2.86 bits per heavy atom. The lowest BCUT2D eigenvalue weighted by Crippen LogP contribution is -2.54. The molecule has 1 unspecified atom stereocenters. The fraction of sp³-hybridized carbons (Fsp3) is 0.381. The summed E-state index contributed by atoms with van der Waals surface area (Å²) in [7, 11) is -0.248. The van der Waals surface area contributed by atoms with Crippen LogP contribution in [0.5, 0.6) is 5.75 Å². The standard InChI is InChI=1S/C21H27BN6O7S/c1-34-28-16(14-10-36-21(25-14)27-18(29)13(24)7-2-3-8-23)19(30)26-15-9-11-5-4-6-12(20(31)32)17(11)35-22(15)33/h4-6,10,13,15,33H,2-3,7-9,23-24H2,1H3,(H,26,30)(H,31,32)(H,25,27,29)/b28-16-/t13?,15-/m0/s1. The average Bonchev–Trinajstić information content (AvgIpc) is 3.30. The number of nitrogens with two attached hydrogens (primary N) is 2. The molecule has 1 aromatic carbocycles. The molecule has 13 nitrogen and oxygen atoms in total. The van der Waals surface area contributed by atoms with Crippen molar-refractivity contribution in [1.29, 1.82) is 0 Å². The van der Waals surface area contributed by atoms with Crippen LogP contribution in [0, 0.1) is 0 Å². The quantitative estimate of drug-likeness (QED) is 0.0991. The number of oxime groups is 1. The van der Waals surface area contributed by atoms with Crippen molar-refractivity contribution in [2.24, 2.45) is 16.6 Å². The topological polar surface area (TPSA) is 211 Å². The molecule has 8 N–H and O–H groups in total. The predicted octanol–water partition coefficient (Wildman–Crippen LogP) is -0.274. The molecule has 3 rings (SSSR count). The number of hydrogen-bond donors (Lipinski definition) is 6. The number of para-hydroxylation sites is 1. The first-order valence-electron chi connectivity index (χ1n) is 11.1. The van der Waals surface area contributed by atoms with E-state index in [1.54, 1.807) is 12.1 Å². The number of hydrogen-bond acceptors (Lipinski definition) is 11. The first-order chi connectivity index (χ1) is 17.2. The van der Waals surface area contributed by atoms with Crippen LogP contribution in [0.2, 0.25) is 0 Å². The number of aromatic carboxylic acids is 1. The van der Waals surface area contributed by atoms with E-state index in [4.69, 9.17) is 21.0 Å². The highest BCUT2D eigenvalue weighted by Gasteiger charge is 2.38. The number of amides is 2. The molecule has 0 bridgehead atoms. The Morgan fingerprint density at radius 2 is 2.17 bits per heavy atom. The zero-order chi connectivity index (χ0) is 26.2. The number of nitrogens with one attached hydrogen (secondary N) is 2. The summed E-state index contributed by atoms with van der Waals surface area (Å²) in [5.41, 5.74) is 11.7. The van der Waals surface area contributed by atoms with E-state index < -0.39 is 36.9 Å². The van der Waals surface area contributed by atoms with Crippen molar-refractivity contribution in [2.75, 3.05) is 19.0 Å². The summed E-state index contributed by atoms with van der Waals surface area (Å²) in [6, 6.07) is 3.83. The Labute approximate surface area is 211 Å². The molecular weight excluding hydrogens is 491 g/mol. The second-order valence-electron chi connectivity index (χ2n) is 7.93. The summed E-state index contributed by atoms with van der Waals surface area (Å²) in [5, 5.41) is 30.4. The fourth-order valence-electron chi connectivity index (χ4n) is 3.53. The monoisotopic (exact) mass is 518 g/mol. The number of fused-ring (bicyclic) bond motifs is 1. The van der Waals surface area contributed by atoms with Gasteiger partial charge in [0.15, 0.2) is 10.8 Å². The lowest BCUT2D eigenvalue weighted by Gasteiger charge is -2.28. The Bertz CT molecular complexity index is 1140. The number of rotatable bonds is 11. The summed E-state index contributed by atoms with van der Waals surface area (Å²) in [6.07, 6.45) is 2.08. The molecule has 2 amide bonds. The van der Waals surface area contributed by atoms with Crippen LogP contribution in [0.3, 0.4) is 0 Å². The molecular formula is C21H27BN6O7S. The first-order valence-corrected chi connectivity index (χ1v) is 12.0. The lowest BCUT2D eigenvalue weighted by molar-refractivity contribution is -0.117. The van der Waals surface area contributed by atoms with Gasteiger partial charge in [-0.25, -0.2) is 9.78 Å². The van der Waals surface area contributed by atoms with Crippen LogP contribution < -0.4 is 26.8 Å². The molecule has 0 radical (unpaired) electrons. The lowest BCUT2D eigenvalue weighted by atomic mass is 9.72. The highest BCUT2D eigenvalue weighted by atomic mass is 32.1. The summed E-state index contributed by atoms with van der Waals surface area (Å²) in [5.74, 6) is -3.18. The molecule has 0 spiro atoms. The number of aromatic nitrogens is 1. The number of nitrogens with zero attached hydrogens (tertiary/aromatic N) is 2. The Kier molecular flexibility index (Phi) is 9.35. The molecule has 15 heteroatoms.